The van der Waals surface area contributed by atoms with Gasteiger partial charge in [-0.1, -0.05) is 6.92 Å². The summed E-state index contributed by atoms with van der Waals surface area (Å²) in [5.41, 5.74) is 0. The highest BCUT2D eigenvalue weighted by Gasteiger charge is 2.33. The molecule has 1 rings (SSSR count). The van der Waals surface area contributed by atoms with E-state index in [1.165, 1.54) is 4.31 Å². The first kappa shape index (κ1) is 17.4. The lowest BCUT2D eigenvalue weighted by Gasteiger charge is -2.30. The van der Waals surface area contributed by atoms with Crippen molar-refractivity contribution in [2.45, 2.75) is 39.2 Å². The van der Waals surface area contributed by atoms with Gasteiger partial charge in [0.05, 0.1) is 18.6 Å². The average Bonchev–Trinajstić information content (AvgIpc) is 2.45. The molecule has 0 bridgehead atoms. The lowest BCUT2D eigenvalue weighted by atomic mass is 10.0. The van der Waals surface area contributed by atoms with Crippen LogP contribution in [0.3, 0.4) is 0 Å². The summed E-state index contributed by atoms with van der Waals surface area (Å²) in [5, 5.41) is 9.41. The van der Waals surface area contributed by atoms with E-state index in [2.05, 4.69) is 4.72 Å². The SMILES string of the molecule is CCOC(=O)C1CCCN(S(=O)(=O)NCC(O)CC)C1. The molecule has 0 aliphatic carbocycles. The van der Waals surface area contributed by atoms with Gasteiger partial charge in [0.1, 0.15) is 0 Å². The third-order valence-electron chi connectivity index (χ3n) is 3.32. The molecule has 0 saturated carbocycles. The molecule has 1 saturated heterocycles. The van der Waals surface area contributed by atoms with Gasteiger partial charge >= 0.3 is 5.97 Å². The minimum absolute atomic E-state index is 0.0145. The number of rotatable bonds is 7. The molecule has 0 aromatic carbocycles. The topological polar surface area (TPSA) is 95.9 Å². The second kappa shape index (κ2) is 7.92. The van der Waals surface area contributed by atoms with Crippen molar-refractivity contribution in [3.8, 4) is 0 Å². The number of esters is 1. The molecular weight excluding hydrogens is 284 g/mol. The number of nitrogens with zero attached hydrogens (tertiary/aromatic N) is 1. The molecule has 0 aromatic heterocycles. The molecule has 0 spiro atoms. The highest BCUT2D eigenvalue weighted by molar-refractivity contribution is 7.87. The van der Waals surface area contributed by atoms with Crippen LogP contribution in [0.25, 0.3) is 0 Å². The maximum absolute atomic E-state index is 12.1. The van der Waals surface area contributed by atoms with Crippen molar-refractivity contribution < 1.29 is 23.1 Å². The molecule has 8 heteroatoms. The van der Waals surface area contributed by atoms with Crippen molar-refractivity contribution in [1.82, 2.24) is 9.03 Å². The van der Waals surface area contributed by atoms with Gasteiger partial charge < -0.3 is 9.84 Å². The largest absolute Gasteiger partial charge is 0.466 e. The number of nitrogens with one attached hydrogen (secondary N) is 1. The van der Waals surface area contributed by atoms with E-state index in [4.69, 9.17) is 4.74 Å². The fourth-order valence-electron chi connectivity index (χ4n) is 2.05. The zero-order valence-electron chi connectivity index (χ0n) is 12.0. The van der Waals surface area contributed by atoms with Crippen LogP contribution in [0, 0.1) is 5.92 Å². The Hall–Kier alpha value is -0.700. The second-order valence-electron chi connectivity index (χ2n) is 4.86. The number of piperidine rings is 1. The molecule has 7 nitrogen and oxygen atoms in total. The summed E-state index contributed by atoms with van der Waals surface area (Å²) in [4.78, 5) is 11.7. The van der Waals surface area contributed by atoms with E-state index in [1.807, 2.05) is 0 Å². The molecule has 0 amide bonds. The van der Waals surface area contributed by atoms with Crippen LogP contribution in [0.2, 0.25) is 0 Å². The lowest BCUT2D eigenvalue weighted by molar-refractivity contribution is -0.149. The Morgan fingerprint density at radius 1 is 1.50 bits per heavy atom. The van der Waals surface area contributed by atoms with Gasteiger partial charge in [-0.05, 0) is 26.2 Å². The summed E-state index contributed by atoms with van der Waals surface area (Å²) >= 11 is 0. The van der Waals surface area contributed by atoms with Crippen molar-refractivity contribution in [2.24, 2.45) is 5.92 Å². The minimum Gasteiger partial charge on any atom is -0.466 e. The third-order valence-corrected chi connectivity index (χ3v) is 4.86. The standard InChI is InChI=1S/C12H24N2O5S/c1-3-11(15)8-13-20(17,18)14-7-5-6-10(9-14)12(16)19-4-2/h10-11,13,15H,3-9H2,1-2H3. The number of carbonyl (C=O) groups is 1. The van der Waals surface area contributed by atoms with Gasteiger partial charge in [-0.15, -0.1) is 0 Å². The van der Waals surface area contributed by atoms with Crippen LogP contribution in [0.4, 0.5) is 0 Å². The van der Waals surface area contributed by atoms with Crippen LogP contribution < -0.4 is 4.72 Å². The van der Waals surface area contributed by atoms with Gasteiger partial charge in [-0.3, -0.25) is 4.79 Å². The van der Waals surface area contributed by atoms with Crippen LogP contribution in [0.1, 0.15) is 33.1 Å². The average molecular weight is 308 g/mol. The summed E-state index contributed by atoms with van der Waals surface area (Å²) in [6, 6.07) is 0. The summed E-state index contributed by atoms with van der Waals surface area (Å²) in [5.74, 6) is -0.752. The molecule has 1 aliphatic rings. The van der Waals surface area contributed by atoms with E-state index in [-0.39, 0.29) is 19.1 Å². The normalized spacial score (nSPS) is 22.4. The smallest absolute Gasteiger partial charge is 0.310 e. The quantitative estimate of drug-likeness (QED) is 0.639. The Labute approximate surface area is 120 Å². The highest BCUT2D eigenvalue weighted by Crippen LogP contribution is 2.19. The van der Waals surface area contributed by atoms with Crippen molar-refractivity contribution >= 4 is 16.2 Å². The van der Waals surface area contributed by atoms with Gasteiger partial charge in [0.25, 0.3) is 10.2 Å². The summed E-state index contributed by atoms with van der Waals surface area (Å²) in [6.07, 6.45) is 1.05. The van der Waals surface area contributed by atoms with Crippen LogP contribution in [-0.2, 0) is 19.7 Å². The third kappa shape index (κ3) is 5.01. The molecule has 0 aromatic rings. The van der Waals surface area contributed by atoms with E-state index >= 15 is 0 Å². The maximum atomic E-state index is 12.1. The van der Waals surface area contributed by atoms with Gasteiger partial charge in [0, 0.05) is 19.6 Å². The molecule has 20 heavy (non-hydrogen) atoms. The summed E-state index contributed by atoms with van der Waals surface area (Å²) < 4.78 is 32.7. The van der Waals surface area contributed by atoms with Crippen molar-refractivity contribution in [1.29, 1.82) is 0 Å². The maximum Gasteiger partial charge on any atom is 0.310 e. The Kier molecular flexibility index (Phi) is 6.87. The number of carbonyl (C=O) groups excluding carboxylic acids is 1. The second-order valence-corrected chi connectivity index (χ2v) is 6.62. The van der Waals surface area contributed by atoms with Gasteiger partial charge in [-0.2, -0.15) is 17.4 Å². The number of hydrogen-bond acceptors (Lipinski definition) is 5. The van der Waals surface area contributed by atoms with Gasteiger partial charge in [0.2, 0.25) is 0 Å². The Bertz CT molecular complexity index is 412. The molecule has 1 heterocycles. The van der Waals surface area contributed by atoms with E-state index < -0.39 is 22.2 Å². The Morgan fingerprint density at radius 3 is 2.80 bits per heavy atom. The number of hydrogen-bond donors (Lipinski definition) is 2. The first-order chi connectivity index (χ1) is 9.40. The van der Waals surface area contributed by atoms with Gasteiger partial charge in [0.15, 0.2) is 0 Å². The van der Waals surface area contributed by atoms with Crippen LogP contribution >= 0.6 is 0 Å². The lowest BCUT2D eigenvalue weighted by Crippen LogP contribution is -2.49. The van der Waals surface area contributed by atoms with Crippen LogP contribution in [0.15, 0.2) is 0 Å². The minimum atomic E-state index is -3.65. The molecule has 0 radical (unpaired) electrons. The van der Waals surface area contributed by atoms with Crippen molar-refractivity contribution in [3.63, 3.8) is 0 Å². The van der Waals surface area contributed by atoms with Crippen LogP contribution in [-0.4, -0.2) is 56.1 Å². The molecule has 1 fully saturated rings. The monoisotopic (exact) mass is 308 g/mol. The molecule has 2 N–H and O–H groups in total. The molecular formula is C12H24N2O5S. The van der Waals surface area contributed by atoms with Gasteiger partial charge in [-0.25, -0.2) is 0 Å². The Balaban J connectivity index is 2.59. The first-order valence-corrected chi connectivity index (χ1v) is 8.44. The van der Waals surface area contributed by atoms with Crippen molar-refractivity contribution in [2.75, 3.05) is 26.2 Å². The van der Waals surface area contributed by atoms with E-state index in [1.54, 1.807) is 13.8 Å². The van der Waals surface area contributed by atoms with Crippen molar-refractivity contribution in [3.05, 3.63) is 0 Å². The van der Waals surface area contributed by atoms with E-state index in [0.717, 1.165) is 0 Å². The summed E-state index contributed by atoms with van der Waals surface area (Å²) in [6.45, 7) is 4.30. The zero-order chi connectivity index (χ0) is 15.2. The number of aliphatic hydroxyl groups excluding tert-OH is 1. The van der Waals surface area contributed by atoms with E-state index in [9.17, 15) is 18.3 Å². The highest BCUT2D eigenvalue weighted by atomic mass is 32.2. The number of aliphatic hydroxyl groups is 1. The van der Waals surface area contributed by atoms with Crippen LogP contribution in [0.5, 0.6) is 0 Å². The molecule has 118 valence electrons. The predicted octanol–water partition coefficient (Wildman–Crippen LogP) is -0.133. The molecule has 1 aliphatic heterocycles. The van der Waals surface area contributed by atoms with E-state index in [0.29, 0.717) is 32.4 Å². The molecule has 2 atom stereocenters. The fraction of sp³-hybridized carbons (Fsp3) is 0.917. The predicted molar refractivity (Wildman–Crippen MR) is 74.2 cm³/mol. The Morgan fingerprint density at radius 2 is 2.20 bits per heavy atom. The zero-order valence-corrected chi connectivity index (χ0v) is 12.9. The first-order valence-electron chi connectivity index (χ1n) is 7.00. The number of ether oxygens (including phenoxy) is 1. The molecule has 2 unspecified atom stereocenters. The fourth-order valence-corrected chi connectivity index (χ4v) is 3.38. The summed E-state index contributed by atoms with van der Waals surface area (Å²) in [7, 11) is -3.65.